The van der Waals surface area contributed by atoms with Crippen LogP contribution < -0.4 is 9.62 Å². The van der Waals surface area contributed by atoms with E-state index in [1.807, 2.05) is 52.0 Å². The topological polar surface area (TPSA) is 86.8 Å². The van der Waals surface area contributed by atoms with Crippen LogP contribution in [-0.2, 0) is 26.2 Å². The number of halogens is 1. The Hall–Kier alpha value is -2.58. The van der Waals surface area contributed by atoms with E-state index in [2.05, 4.69) is 5.32 Å². The molecular weight excluding hydrogens is 486 g/mol. The molecule has 0 unspecified atom stereocenters. The highest BCUT2D eigenvalue weighted by molar-refractivity contribution is 7.92. The van der Waals surface area contributed by atoms with E-state index in [1.54, 1.807) is 25.1 Å². The van der Waals surface area contributed by atoms with Crippen molar-refractivity contribution in [3.63, 3.8) is 0 Å². The van der Waals surface area contributed by atoms with Gasteiger partial charge in [0.05, 0.1) is 11.9 Å². The number of benzene rings is 2. The van der Waals surface area contributed by atoms with Gasteiger partial charge in [0, 0.05) is 17.6 Å². The maximum absolute atomic E-state index is 13.7. The summed E-state index contributed by atoms with van der Waals surface area (Å²) in [5, 5.41) is 3.44. The van der Waals surface area contributed by atoms with Crippen LogP contribution in [0.25, 0.3) is 0 Å². The molecule has 1 N–H and O–H groups in total. The molecule has 2 amide bonds. The Morgan fingerprint density at radius 2 is 1.74 bits per heavy atom. The van der Waals surface area contributed by atoms with Gasteiger partial charge >= 0.3 is 0 Å². The number of anilines is 1. The molecule has 2 aromatic rings. The summed E-state index contributed by atoms with van der Waals surface area (Å²) in [6.45, 7) is 9.17. The van der Waals surface area contributed by atoms with Crippen molar-refractivity contribution in [2.75, 3.05) is 17.1 Å². The van der Waals surface area contributed by atoms with Gasteiger partial charge in [0.2, 0.25) is 21.8 Å². The third kappa shape index (κ3) is 7.97. The molecule has 0 saturated carbocycles. The standard InChI is InChI=1S/C26H36ClN3O4S/c1-7-20(5)28-26(32)23(8-2)29(16-21-11-9-10-18(3)14-21)25(31)17-30(35(6,33)34)24-13-12-22(27)15-19(24)4/h9-15,20,23H,7-8,16-17H2,1-6H3,(H,28,32)/t20-,23-/m1/s1. The summed E-state index contributed by atoms with van der Waals surface area (Å²) in [6, 6.07) is 11.7. The first kappa shape index (κ1) is 28.7. The van der Waals surface area contributed by atoms with Crippen LogP contribution in [0.2, 0.25) is 5.02 Å². The fourth-order valence-electron chi connectivity index (χ4n) is 3.86. The second kappa shape index (κ2) is 12.4. The van der Waals surface area contributed by atoms with Crippen molar-refractivity contribution < 1.29 is 18.0 Å². The van der Waals surface area contributed by atoms with Crippen LogP contribution >= 0.6 is 11.6 Å². The van der Waals surface area contributed by atoms with Crippen molar-refractivity contribution >= 4 is 39.1 Å². The van der Waals surface area contributed by atoms with E-state index in [0.29, 0.717) is 22.7 Å². The van der Waals surface area contributed by atoms with Crippen LogP contribution in [0.5, 0.6) is 0 Å². The van der Waals surface area contributed by atoms with E-state index in [0.717, 1.165) is 28.1 Å². The summed E-state index contributed by atoms with van der Waals surface area (Å²) < 4.78 is 26.5. The predicted molar refractivity (Wildman–Crippen MR) is 142 cm³/mol. The highest BCUT2D eigenvalue weighted by atomic mass is 35.5. The molecule has 0 spiro atoms. The quantitative estimate of drug-likeness (QED) is 0.473. The minimum atomic E-state index is -3.79. The molecule has 0 bridgehead atoms. The molecule has 192 valence electrons. The summed E-state index contributed by atoms with van der Waals surface area (Å²) in [5.74, 6) is -0.714. The van der Waals surface area contributed by atoms with Gasteiger partial charge in [-0.25, -0.2) is 8.42 Å². The number of nitrogens with one attached hydrogen (secondary N) is 1. The second-order valence-electron chi connectivity index (χ2n) is 8.95. The minimum absolute atomic E-state index is 0.0447. The van der Waals surface area contributed by atoms with Gasteiger partial charge in [-0.05, 0) is 62.9 Å². The number of aryl methyl sites for hydroxylation is 2. The number of nitrogens with zero attached hydrogens (tertiary/aromatic N) is 2. The molecular formula is C26H36ClN3O4S. The highest BCUT2D eigenvalue weighted by Crippen LogP contribution is 2.26. The second-order valence-corrected chi connectivity index (χ2v) is 11.3. The third-order valence-corrected chi connectivity index (χ3v) is 7.29. The number of carbonyl (C=O) groups is 2. The average molecular weight is 522 g/mol. The lowest BCUT2D eigenvalue weighted by Gasteiger charge is -2.33. The van der Waals surface area contributed by atoms with Crippen molar-refractivity contribution in [1.82, 2.24) is 10.2 Å². The van der Waals surface area contributed by atoms with Gasteiger partial charge in [-0.2, -0.15) is 0 Å². The van der Waals surface area contributed by atoms with Gasteiger partial charge in [-0.15, -0.1) is 0 Å². The lowest BCUT2D eigenvalue weighted by molar-refractivity contribution is -0.140. The molecule has 0 aliphatic rings. The Morgan fingerprint density at radius 3 is 2.29 bits per heavy atom. The van der Waals surface area contributed by atoms with Crippen LogP contribution in [0, 0.1) is 13.8 Å². The van der Waals surface area contributed by atoms with Crippen LogP contribution in [0.15, 0.2) is 42.5 Å². The first-order valence-electron chi connectivity index (χ1n) is 11.8. The summed E-state index contributed by atoms with van der Waals surface area (Å²) >= 11 is 6.06. The molecule has 2 aromatic carbocycles. The van der Waals surface area contributed by atoms with Gasteiger partial charge in [0.25, 0.3) is 0 Å². The number of rotatable bonds is 11. The molecule has 9 heteroatoms. The normalized spacial score (nSPS) is 13.1. The van der Waals surface area contributed by atoms with Crippen molar-refractivity contribution in [2.45, 2.75) is 66.1 Å². The first-order chi connectivity index (χ1) is 16.4. The fraction of sp³-hybridized carbons (Fsp3) is 0.462. The Balaban J connectivity index is 2.47. The maximum atomic E-state index is 13.7. The van der Waals surface area contributed by atoms with E-state index in [-0.39, 0.29) is 18.5 Å². The van der Waals surface area contributed by atoms with Crippen LogP contribution in [-0.4, -0.2) is 50.0 Å². The van der Waals surface area contributed by atoms with Crippen LogP contribution in [0.1, 0.15) is 50.3 Å². The van der Waals surface area contributed by atoms with E-state index < -0.39 is 28.5 Å². The van der Waals surface area contributed by atoms with Gasteiger partial charge in [0.15, 0.2) is 0 Å². The average Bonchev–Trinajstić information content (AvgIpc) is 2.76. The Labute approximate surface area is 214 Å². The van der Waals surface area contributed by atoms with Crippen LogP contribution in [0.3, 0.4) is 0 Å². The van der Waals surface area contributed by atoms with E-state index >= 15 is 0 Å². The monoisotopic (exact) mass is 521 g/mol. The van der Waals surface area contributed by atoms with Gasteiger partial charge in [-0.3, -0.25) is 13.9 Å². The zero-order valence-electron chi connectivity index (χ0n) is 21.3. The van der Waals surface area contributed by atoms with Gasteiger partial charge < -0.3 is 10.2 Å². The lowest BCUT2D eigenvalue weighted by Crippen LogP contribution is -2.53. The summed E-state index contributed by atoms with van der Waals surface area (Å²) in [4.78, 5) is 28.3. The number of hydrogen-bond donors (Lipinski definition) is 1. The molecule has 0 saturated heterocycles. The Kier molecular flexibility index (Phi) is 10.2. The smallest absolute Gasteiger partial charge is 0.244 e. The zero-order chi connectivity index (χ0) is 26.3. The molecule has 0 aliphatic heterocycles. The molecule has 2 atom stereocenters. The molecule has 35 heavy (non-hydrogen) atoms. The molecule has 0 heterocycles. The fourth-order valence-corrected chi connectivity index (χ4v) is 5.00. The van der Waals surface area contributed by atoms with Crippen molar-refractivity contribution in [3.8, 4) is 0 Å². The minimum Gasteiger partial charge on any atom is -0.352 e. The summed E-state index contributed by atoms with van der Waals surface area (Å²) in [5.41, 5.74) is 2.89. The Morgan fingerprint density at radius 1 is 1.06 bits per heavy atom. The molecule has 0 aromatic heterocycles. The lowest BCUT2D eigenvalue weighted by atomic mass is 10.1. The van der Waals surface area contributed by atoms with Crippen molar-refractivity contribution in [2.24, 2.45) is 0 Å². The molecule has 2 rings (SSSR count). The van der Waals surface area contributed by atoms with E-state index in [9.17, 15) is 18.0 Å². The summed E-state index contributed by atoms with van der Waals surface area (Å²) in [7, 11) is -3.79. The molecule has 0 fully saturated rings. The highest BCUT2D eigenvalue weighted by Gasteiger charge is 2.32. The SMILES string of the molecule is CC[C@@H](C)NC(=O)[C@@H](CC)N(Cc1cccc(C)c1)C(=O)CN(c1ccc(Cl)cc1C)S(C)(=O)=O. The molecule has 0 aliphatic carbocycles. The number of hydrogen-bond acceptors (Lipinski definition) is 4. The van der Waals surface area contributed by atoms with E-state index in [1.165, 1.54) is 4.90 Å². The Bertz CT molecular complexity index is 1150. The third-order valence-electron chi connectivity index (χ3n) is 5.93. The number of carbonyl (C=O) groups excluding carboxylic acids is 2. The van der Waals surface area contributed by atoms with Crippen molar-refractivity contribution in [1.29, 1.82) is 0 Å². The van der Waals surface area contributed by atoms with Gasteiger partial charge in [-0.1, -0.05) is 55.3 Å². The first-order valence-corrected chi connectivity index (χ1v) is 14.0. The molecule has 0 radical (unpaired) electrons. The predicted octanol–water partition coefficient (Wildman–Crippen LogP) is 4.44. The number of amides is 2. The van der Waals surface area contributed by atoms with Crippen molar-refractivity contribution in [3.05, 3.63) is 64.2 Å². The van der Waals surface area contributed by atoms with Crippen LogP contribution in [0.4, 0.5) is 5.69 Å². The summed E-state index contributed by atoms with van der Waals surface area (Å²) in [6.07, 6.45) is 2.20. The van der Waals surface area contributed by atoms with Gasteiger partial charge in [0.1, 0.15) is 12.6 Å². The number of sulfonamides is 1. The van der Waals surface area contributed by atoms with E-state index in [4.69, 9.17) is 11.6 Å². The maximum Gasteiger partial charge on any atom is 0.244 e. The molecule has 7 nitrogen and oxygen atoms in total. The zero-order valence-corrected chi connectivity index (χ0v) is 22.9. The largest absolute Gasteiger partial charge is 0.352 e.